The Morgan fingerprint density at radius 2 is 2.04 bits per heavy atom. The van der Waals surface area contributed by atoms with Gasteiger partial charge in [-0.05, 0) is 34.8 Å². The Labute approximate surface area is 156 Å². The normalized spacial score (nSPS) is 14.5. The first kappa shape index (κ1) is 17.0. The van der Waals surface area contributed by atoms with Crippen molar-refractivity contribution >= 4 is 33.2 Å². The second-order valence-corrected chi connectivity index (χ2v) is 7.28. The topological polar surface area (TPSA) is 54.5 Å². The molecule has 0 atom stereocenters. The Bertz CT molecular complexity index is 942. The van der Waals surface area contributed by atoms with Crippen LogP contribution in [-0.2, 0) is 11.3 Å². The number of anilines is 1. The number of nitrogens with one attached hydrogen (secondary N) is 1. The van der Waals surface area contributed by atoms with Crippen LogP contribution in [0.4, 0.5) is 5.00 Å². The smallest absolute Gasteiger partial charge is 0.258 e. The molecule has 5 nitrogen and oxygen atoms in total. The first-order valence-corrected chi connectivity index (χ1v) is 9.46. The Morgan fingerprint density at radius 3 is 2.85 bits per heavy atom. The minimum Gasteiger partial charge on any atom is -0.378 e. The second-order valence-electron chi connectivity index (χ2n) is 6.50. The molecule has 1 N–H and O–H groups in total. The number of benzene rings is 2. The van der Waals surface area contributed by atoms with Crippen molar-refractivity contribution in [1.29, 1.82) is 0 Å². The molecule has 0 saturated carbocycles. The minimum absolute atomic E-state index is 0.0330. The summed E-state index contributed by atoms with van der Waals surface area (Å²) in [4.78, 5) is 14.5. The highest BCUT2D eigenvalue weighted by molar-refractivity contribution is 7.10. The van der Waals surface area contributed by atoms with Crippen LogP contribution in [0.1, 0.15) is 21.6 Å². The lowest BCUT2D eigenvalue weighted by molar-refractivity contribution is -0.0499. The predicted molar refractivity (Wildman–Crippen MR) is 105 cm³/mol. The van der Waals surface area contributed by atoms with Gasteiger partial charge >= 0.3 is 0 Å². The van der Waals surface area contributed by atoms with Crippen LogP contribution in [0.2, 0.25) is 0 Å². The number of fused-ring (bicyclic) bond motifs is 1. The largest absolute Gasteiger partial charge is 0.378 e. The number of carbonyl (C=O) groups is 1. The number of hydrogen-bond acceptors (Lipinski definition) is 5. The fraction of sp³-hybridized carbons (Fsp3) is 0.300. The number of ether oxygens (including phenoxy) is 1. The van der Waals surface area contributed by atoms with Gasteiger partial charge in [0.1, 0.15) is 5.00 Å². The van der Waals surface area contributed by atoms with Crippen LogP contribution in [0.5, 0.6) is 0 Å². The van der Waals surface area contributed by atoms with Crippen molar-refractivity contribution in [2.24, 2.45) is 0 Å². The van der Waals surface area contributed by atoms with E-state index in [2.05, 4.69) is 40.0 Å². The second kappa shape index (κ2) is 7.05. The van der Waals surface area contributed by atoms with Gasteiger partial charge in [0, 0.05) is 20.1 Å². The molecule has 1 saturated heterocycles. The quantitative estimate of drug-likeness (QED) is 0.747. The Morgan fingerprint density at radius 1 is 1.27 bits per heavy atom. The van der Waals surface area contributed by atoms with E-state index in [-0.39, 0.29) is 12.0 Å². The minimum atomic E-state index is 0.0330. The van der Waals surface area contributed by atoms with E-state index >= 15 is 0 Å². The number of likely N-dealkylation sites (tertiary alicyclic amines) is 1. The number of nitrogens with zero attached hydrogens (tertiary/aromatic N) is 2. The van der Waals surface area contributed by atoms with Crippen molar-refractivity contribution in [2.45, 2.75) is 19.6 Å². The van der Waals surface area contributed by atoms with Gasteiger partial charge in [-0.2, -0.15) is 4.37 Å². The van der Waals surface area contributed by atoms with E-state index in [0.717, 1.165) is 10.7 Å². The number of carbonyl (C=O) groups excluding carboxylic acids is 1. The SMILES string of the molecule is CNc1snc(C)c1C(=O)N1CC(OCc2cccc3ccccc23)C1. The number of rotatable bonds is 5. The van der Waals surface area contributed by atoms with E-state index in [0.29, 0.717) is 25.3 Å². The average Bonchev–Trinajstić information content (AvgIpc) is 3.01. The highest BCUT2D eigenvalue weighted by atomic mass is 32.1. The van der Waals surface area contributed by atoms with Crippen LogP contribution >= 0.6 is 11.5 Å². The molecule has 134 valence electrons. The first-order valence-electron chi connectivity index (χ1n) is 8.69. The Hall–Kier alpha value is -2.44. The molecule has 6 heteroatoms. The molecule has 1 aromatic heterocycles. The van der Waals surface area contributed by atoms with Gasteiger partial charge in [0.15, 0.2) is 0 Å². The van der Waals surface area contributed by atoms with Crippen LogP contribution in [0.25, 0.3) is 10.8 Å². The van der Waals surface area contributed by atoms with Crippen molar-refractivity contribution in [3.8, 4) is 0 Å². The number of aryl methyl sites for hydroxylation is 1. The number of aromatic nitrogens is 1. The van der Waals surface area contributed by atoms with Gasteiger partial charge in [-0.25, -0.2) is 0 Å². The molecule has 2 aromatic carbocycles. The van der Waals surface area contributed by atoms with E-state index in [1.54, 1.807) is 0 Å². The summed E-state index contributed by atoms with van der Waals surface area (Å²) in [6, 6.07) is 14.6. The van der Waals surface area contributed by atoms with E-state index in [9.17, 15) is 4.79 Å². The molecule has 26 heavy (non-hydrogen) atoms. The summed E-state index contributed by atoms with van der Waals surface area (Å²) in [5.74, 6) is 0.0330. The van der Waals surface area contributed by atoms with Crippen molar-refractivity contribution in [3.63, 3.8) is 0 Å². The summed E-state index contributed by atoms with van der Waals surface area (Å²) in [6.45, 7) is 3.69. The van der Waals surface area contributed by atoms with Crippen molar-refractivity contribution in [2.75, 3.05) is 25.5 Å². The van der Waals surface area contributed by atoms with Crippen molar-refractivity contribution in [3.05, 3.63) is 59.3 Å². The van der Waals surface area contributed by atoms with Gasteiger partial charge in [-0.3, -0.25) is 4.79 Å². The molecular formula is C20H21N3O2S. The van der Waals surface area contributed by atoms with Gasteiger partial charge < -0.3 is 15.0 Å². The van der Waals surface area contributed by atoms with Crippen LogP contribution in [0.3, 0.4) is 0 Å². The summed E-state index contributed by atoms with van der Waals surface area (Å²) in [7, 11) is 1.82. The molecule has 1 aliphatic rings. The summed E-state index contributed by atoms with van der Waals surface area (Å²) in [5.41, 5.74) is 2.65. The van der Waals surface area contributed by atoms with Gasteiger partial charge in [0.05, 0.1) is 24.0 Å². The molecule has 2 heterocycles. The molecule has 0 unspecified atom stereocenters. The lowest BCUT2D eigenvalue weighted by Crippen LogP contribution is -2.54. The van der Waals surface area contributed by atoms with E-state index in [1.807, 2.05) is 31.0 Å². The molecule has 0 bridgehead atoms. The molecular weight excluding hydrogens is 346 g/mol. The zero-order chi connectivity index (χ0) is 18.1. The molecule has 3 aromatic rings. The maximum absolute atomic E-state index is 12.7. The zero-order valence-corrected chi connectivity index (χ0v) is 15.7. The summed E-state index contributed by atoms with van der Waals surface area (Å²) in [5, 5.41) is 6.32. The highest BCUT2D eigenvalue weighted by Gasteiger charge is 2.34. The predicted octanol–water partition coefficient (Wildman–Crippen LogP) is 3.69. The lowest BCUT2D eigenvalue weighted by atomic mass is 10.0. The summed E-state index contributed by atoms with van der Waals surface area (Å²) < 4.78 is 10.3. The number of amides is 1. The third-order valence-corrected chi connectivity index (χ3v) is 5.75. The number of hydrogen-bond donors (Lipinski definition) is 1. The van der Waals surface area contributed by atoms with E-state index in [4.69, 9.17) is 4.74 Å². The monoisotopic (exact) mass is 367 g/mol. The first-order chi connectivity index (χ1) is 12.7. The molecule has 1 amide bonds. The third-order valence-electron chi connectivity index (χ3n) is 4.79. The van der Waals surface area contributed by atoms with E-state index < -0.39 is 0 Å². The van der Waals surface area contributed by atoms with Crippen molar-refractivity contribution < 1.29 is 9.53 Å². The fourth-order valence-electron chi connectivity index (χ4n) is 3.29. The Balaban J connectivity index is 1.37. The molecule has 0 spiro atoms. The fourth-order valence-corrected chi connectivity index (χ4v) is 4.02. The average molecular weight is 367 g/mol. The van der Waals surface area contributed by atoms with E-state index in [1.165, 1.54) is 27.9 Å². The maximum Gasteiger partial charge on any atom is 0.258 e. The standard InChI is InChI=1S/C20H21N3O2S/c1-13-18(19(21-2)26-22-13)20(24)23-10-16(11-23)25-12-15-8-5-7-14-6-3-4-9-17(14)15/h3-9,16,21H,10-12H2,1-2H3. The van der Waals surface area contributed by atoms with Gasteiger partial charge in [-0.15, -0.1) is 0 Å². The maximum atomic E-state index is 12.7. The molecule has 0 radical (unpaired) electrons. The molecule has 1 fully saturated rings. The third kappa shape index (κ3) is 3.06. The van der Waals surface area contributed by atoms with Crippen LogP contribution in [0, 0.1) is 6.92 Å². The van der Waals surface area contributed by atoms with Gasteiger partial charge in [0.2, 0.25) is 0 Å². The van der Waals surface area contributed by atoms with Gasteiger partial charge in [-0.1, -0.05) is 42.5 Å². The summed E-state index contributed by atoms with van der Waals surface area (Å²) >= 11 is 1.33. The molecule has 4 rings (SSSR count). The Kier molecular flexibility index (Phi) is 4.61. The van der Waals surface area contributed by atoms with Crippen molar-refractivity contribution in [1.82, 2.24) is 9.27 Å². The summed E-state index contributed by atoms with van der Waals surface area (Å²) in [6.07, 6.45) is 0.0860. The van der Waals surface area contributed by atoms with Crippen LogP contribution in [-0.4, -0.2) is 41.4 Å². The molecule has 0 aliphatic carbocycles. The molecule has 1 aliphatic heterocycles. The zero-order valence-electron chi connectivity index (χ0n) is 14.9. The van der Waals surface area contributed by atoms with Crippen LogP contribution < -0.4 is 5.32 Å². The lowest BCUT2D eigenvalue weighted by Gasteiger charge is -2.39. The van der Waals surface area contributed by atoms with Gasteiger partial charge in [0.25, 0.3) is 5.91 Å². The van der Waals surface area contributed by atoms with Crippen LogP contribution in [0.15, 0.2) is 42.5 Å². The highest BCUT2D eigenvalue weighted by Crippen LogP contribution is 2.28.